The molecule has 2 aromatic rings. The molecular weight excluding hydrogens is 244 g/mol. The molecule has 0 bridgehead atoms. The highest BCUT2D eigenvalue weighted by molar-refractivity contribution is 5.52. The zero-order chi connectivity index (χ0) is 14.1. The summed E-state index contributed by atoms with van der Waals surface area (Å²) in [5.74, 6) is 0.597. The Kier molecular flexibility index (Phi) is 3.49. The molecule has 2 heteroatoms. The van der Waals surface area contributed by atoms with Crippen LogP contribution in [0.3, 0.4) is 0 Å². The third kappa shape index (κ3) is 2.56. The molecule has 0 aliphatic carbocycles. The van der Waals surface area contributed by atoms with Crippen LogP contribution in [0.4, 0.5) is 5.69 Å². The zero-order valence-electron chi connectivity index (χ0n) is 12.3. The molecule has 0 fully saturated rings. The molecule has 0 aromatic heterocycles. The van der Waals surface area contributed by atoms with Crippen LogP contribution in [0, 0.1) is 0 Å². The largest absolute Gasteiger partial charge is 0.398 e. The van der Waals surface area contributed by atoms with Crippen LogP contribution in [-0.2, 0) is 19.6 Å². The quantitative estimate of drug-likeness (QED) is 0.853. The number of nitrogens with zero attached hydrogens (tertiary/aromatic N) is 1. The second-order valence-corrected chi connectivity index (χ2v) is 6.03. The van der Waals surface area contributed by atoms with E-state index in [0.29, 0.717) is 5.92 Å². The van der Waals surface area contributed by atoms with Crippen LogP contribution in [-0.4, -0.2) is 4.90 Å². The zero-order valence-corrected chi connectivity index (χ0v) is 12.3. The van der Waals surface area contributed by atoms with Gasteiger partial charge in [-0.05, 0) is 34.2 Å². The molecular formula is C18H22N2. The highest BCUT2D eigenvalue weighted by Crippen LogP contribution is 2.28. The number of nitrogen functional groups attached to an aromatic ring is 1. The second-order valence-electron chi connectivity index (χ2n) is 6.03. The Hall–Kier alpha value is -1.80. The SMILES string of the molecule is CC(C)c1ccc(CN2Cc3cccc(N)c3C2)cc1. The Morgan fingerprint density at radius 2 is 1.80 bits per heavy atom. The smallest absolute Gasteiger partial charge is 0.0363 e. The van der Waals surface area contributed by atoms with Crippen LogP contribution in [0.5, 0.6) is 0 Å². The number of rotatable bonds is 3. The molecule has 0 saturated carbocycles. The van der Waals surface area contributed by atoms with Gasteiger partial charge in [0.1, 0.15) is 0 Å². The Balaban J connectivity index is 1.70. The molecule has 1 aliphatic heterocycles. The molecule has 2 nitrogen and oxygen atoms in total. The minimum absolute atomic E-state index is 0.597. The van der Waals surface area contributed by atoms with E-state index in [-0.39, 0.29) is 0 Å². The molecule has 104 valence electrons. The van der Waals surface area contributed by atoms with Crippen LogP contribution in [0.1, 0.15) is 42.0 Å². The lowest BCUT2D eigenvalue weighted by Gasteiger charge is -2.15. The van der Waals surface area contributed by atoms with Gasteiger partial charge >= 0.3 is 0 Å². The van der Waals surface area contributed by atoms with Crippen LogP contribution in [0.2, 0.25) is 0 Å². The minimum Gasteiger partial charge on any atom is -0.398 e. The summed E-state index contributed by atoms with van der Waals surface area (Å²) in [6, 6.07) is 15.2. The van der Waals surface area contributed by atoms with Gasteiger partial charge in [-0.15, -0.1) is 0 Å². The highest BCUT2D eigenvalue weighted by Gasteiger charge is 2.20. The summed E-state index contributed by atoms with van der Waals surface area (Å²) in [4.78, 5) is 2.45. The third-order valence-electron chi connectivity index (χ3n) is 4.14. The van der Waals surface area contributed by atoms with E-state index in [1.807, 2.05) is 6.07 Å². The van der Waals surface area contributed by atoms with Gasteiger partial charge in [0.2, 0.25) is 0 Å². The van der Waals surface area contributed by atoms with Crippen molar-refractivity contribution in [3.8, 4) is 0 Å². The number of hydrogen-bond acceptors (Lipinski definition) is 2. The molecule has 2 N–H and O–H groups in total. The monoisotopic (exact) mass is 266 g/mol. The van der Waals surface area contributed by atoms with Gasteiger partial charge in [0, 0.05) is 25.3 Å². The van der Waals surface area contributed by atoms with Crippen LogP contribution >= 0.6 is 0 Å². The van der Waals surface area contributed by atoms with Gasteiger partial charge in [-0.25, -0.2) is 0 Å². The summed E-state index contributed by atoms with van der Waals surface area (Å²) in [6.45, 7) is 7.43. The van der Waals surface area contributed by atoms with E-state index < -0.39 is 0 Å². The van der Waals surface area contributed by atoms with Gasteiger partial charge in [-0.3, -0.25) is 4.90 Å². The maximum Gasteiger partial charge on any atom is 0.0363 e. The highest BCUT2D eigenvalue weighted by atomic mass is 15.1. The van der Waals surface area contributed by atoms with Gasteiger partial charge in [0.25, 0.3) is 0 Å². The minimum atomic E-state index is 0.597. The molecule has 0 atom stereocenters. The van der Waals surface area contributed by atoms with Crippen LogP contribution in [0.15, 0.2) is 42.5 Å². The first-order valence-corrected chi connectivity index (χ1v) is 7.31. The van der Waals surface area contributed by atoms with Crippen molar-refractivity contribution in [3.63, 3.8) is 0 Å². The molecule has 0 spiro atoms. The van der Waals surface area contributed by atoms with Crippen LogP contribution < -0.4 is 5.73 Å². The van der Waals surface area contributed by atoms with Crippen molar-refractivity contribution in [1.29, 1.82) is 0 Å². The van der Waals surface area contributed by atoms with Crippen molar-refractivity contribution in [3.05, 3.63) is 64.7 Å². The van der Waals surface area contributed by atoms with E-state index in [1.165, 1.54) is 22.3 Å². The first-order chi connectivity index (χ1) is 9.63. The number of benzene rings is 2. The fourth-order valence-electron chi connectivity index (χ4n) is 2.89. The van der Waals surface area contributed by atoms with Crippen molar-refractivity contribution in [2.45, 2.75) is 39.4 Å². The van der Waals surface area contributed by atoms with E-state index in [4.69, 9.17) is 5.73 Å². The maximum absolute atomic E-state index is 6.05. The topological polar surface area (TPSA) is 29.3 Å². The van der Waals surface area contributed by atoms with E-state index in [2.05, 4.69) is 55.1 Å². The molecule has 0 amide bonds. The lowest BCUT2D eigenvalue weighted by Crippen LogP contribution is -2.15. The Bertz CT molecular complexity index is 599. The third-order valence-corrected chi connectivity index (χ3v) is 4.14. The Morgan fingerprint density at radius 3 is 2.45 bits per heavy atom. The first-order valence-electron chi connectivity index (χ1n) is 7.31. The van der Waals surface area contributed by atoms with E-state index in [1.54, 1.807) is 0 Å². The summed E-state index contributed by atoms with van der Waals surface area (Å²) >= 11 is 0. The molecule has 0 unspecified atom stereocenters. The summed E-state index contributed by atoms with van der Waals surface area (Å²) in [5.41, 5.74) is 12.5. The lowest BCUT2D eigenvalue weighted by atomic mass is 10.0. The average molecular weight is 266 g/mol. The van der Waals surface area contributed by atoms with Gasteiger partial charge in [0.05, 0.1) is 0 Å². The molecule has 1 aliphatic rings. The van der Waals surface area contributed by atoms with Gasteiger partial charge < -0.3 is 5.73 Å². The standard InChI is InChI=1S/C18H22N2/c1-13(2)15-8-6-14(7-9-15)10-20-11-16-4-3-5-18(19)17(16)12-20/h3-9,13H,10-12,19H2,1-2H3. The predicted octanol–water partition coefficient (Wildman–Crippen LogP) is 3.91. The normalized spacial score (nSPS) is 14.8. The number of anilines is 1. The predicted molar refractivity (Wildman–Crippen MR) is 84.3 cm³/mol. The van der Waals surface area contributed by atoms with Crippen LogP contribution in [0.25, 0.3) is 0 Å². The summed E-state index contributed by atoms with van der Waals surface area (Å²) < 4.78 is 0. The Morgan fingerprint density at radius 1 is 1.05 bits per heavy atom. The van der Waals surface area contributed by atoms with Gasteiger partial charge in [-0.2, -0.15) is 0 Å². The van der Waals surface area contributed by atoms with Crippen molar-refractivity contribution >= 4 is 5.69 Å². The van der Waals surface area contributed by atoms with Crippen molar-refractivity contribution in [2.24, 2.45) is 0 Å². The number of hydrogen-bond donors (Lipinski definition) is 1. The summed E-state index contributed by atoms with van der Waals surface area (Å²) in [6.07, 6.45) is 0. The van der Waals surface area contributed by atoms with Gasteiger partial charge in [0.15, 0.2) is 0 Å². The number of nitrogens with two attached hydrogens (primary N) is 1. The van der Waals surface area contributed by atoms with Crippen molar-refractivity contribution < 1.29 is 0 Å². The average Bonchev–Trinajstić information content (AvgIpc) is 2.83. The van der Waals surface area contributed by atoms with Gasteiger partial charge in [-0.1, -0.05) is 50.2 Å². The first kappa shape index (κ1) is 13.2. The molecule has 3 rings (SSSR count). The van der Waals surface area contributed by atoms with E-state index in [9.17, 15) is 0 Å². The molecule has 0 saturated heterocycles. The lowest BCUT2D eigenvalue weighted by molar-refractivity contribution is 0.275. The molecule has 20 heavy (non-hydrogen) atoms. The summed E-state index contributed by atoms with van der Waals surface area (Å²) in [5, 5.41) is 0. The fraction of sp³-hybridized carbons (Fsp3) is 0.333. The van der Waals surface area contributed by atoms with Crippen molar-refractivity contribution in [1.82, 2.24) is 4.90 Å². The fourth-order valence-corrected chi connectivity index (χ4v) is 2.89. The number of fused-ring (bicyclic) bond motifs is 1. The molecule has 2 aromatic carbocycles. The van der Waals surface area contributed by atoms with E-state index >= 15 is 0 Å². The maximum atomic E-state index is 6.05. The second kappa shape index (κ2) is 5.29. The summed E-state index contributed by atoms with van der Waals surface area (Å²) in [7, 11) is 0. The molecule has 0 radical (unpaired) electrons. The van der Waals surface area contributed by atoms with E-state index in [0.717, 1.165) is 25.3 Å². The Labute approximate surface area is 121 Å². The molecule has 1 heterocycles. The van der Waals surface area contributed by atoms with Crippen molar-refractivity contribution in [2.75, 3.05) is 5.73 Å².